The van der Waals surface area contributed by atoms with Crippen molar-refractivity contribution in [3.8, 4) is 5.75 Å². The van der Waals surface area contributed by atoms with E-state index < -0.39 is 60.2 Å². The standard InChI is InChI=1S/C23H20F5NO4S/c24-16-8-9-17(25)20-19(16)22(34(31,32)15-6-4-14(5-7-15)23(26,27)28)10-1-11-29(18(22)12-33-20)21(30)13-2-3-13/h4-9,13,18H,1-3,10-12H2/t18-,22+/m0/s1. The highest BCUT2D eigenvalue weighted by Crippen LogP contribution is 2.54. The number of alkyl halides is 3. The van der Waals surface area contributed by atoms with Gasteiger partial charge in [-0.2, -0.15) is 13.2 Å². The summed E-state index contributed by atoms with van der Waals surface area (Å²) in [6.07, 6.45) is -3.33. The zero-order chi connectivity index (χ0) is 24.5. The molecule has 2 aliphatic heterocycles. The van der Waals surface area contributed by atoms with E-state index in [1.807, 2.05) is 0 Å². The van der Waals surface area contributed by atoms with Crippen LogP contribution in [0.15, 0.2) is 41.3 Å². The molecule has 2 atom stereocenters. The first-order valence-corrected chi connectivity index (χ1v) is 12.3. The molecule has 0 bridgehead atoms. The fraction of sp³-hybridized carbons (Fsp3) is 0.435. The fourth-order valence-electron chi connectivity index (χ4n) is 5.14. The number of hydrogen-bond acceptors (Lipinski definition) is 4. The summed E-state index contributed by atoms with van der Waals surface area (Å²) >= 11 is 0. The van der Waals surface area contributed by atoms with Crippen molar-refractivity contribution in [2.45, 2.75) is 47.5 Å². The highest BCUT2D eigenvalue weighted by atomic mass is 32.2. The Kier molecular flexibility index (Phi) is 5.20. The van der Waals surface area contributed by atoms with E-state index in [9.17, 15) is 30.8 Å². The summed E-state index contributed by atoms with van der Waals surface area (Å²) in [6, 6.07) is 3.36. The molecule has 1 saturated heterocycles. The maximum atomic E-state index is 15.3. The van der Waals surface area contributed by atoms with Gasteiger partial charge in [0, 0.05) is 12.5 Å². The van der Waals surface area contributed by atoms with E-state index in [0.717, 1.165) is 24.3 Å². The molecule has 1 aliphatic carbocycles. The summed E-state index contributed by atoms with van der Waals surface area (Å²) in [5.41, 5.74) is -1.56. The van der Waals surface area contributed by atoms with Crippen molar-refractivity contribution in [3.63, 3.8) is 0 Å². The fourth-order valence-corrected chi connectivity index (χ4v) is 7.48. The highest BCUT2D eigenvalue weighted by molar-refractivity contribution is 7.92. The van der Waals surface area contributed by atoms with E-state index in [1.165, 1.54) is 4.90 Å². The lowest BCUT2D eigenvalue weighted by Crippen LogP contribution is -2.64. The van der Waals surface area contributed by atoms with Crippen molar-refractivity contribution in [1.29, 1.82) is 0 Å². The second-order valence-corrected chi connectivity index (χ2v) is 11.1. The van der Waals surface area contributed by atoms with Gasteiger partial charge in [0.25, 0.3) is 0 Å². The zero-order valence-corrected chi connectivity index (χ0v) is 18.6. The van der Waals surface area contributed by atoms with E-state index in [2.05, 4.69) is 0 Å². The number of likely N-dealkylation sites (tertiary alicyclic amines) is 1. The van der Waals surface area contributed by atoms with Gasteiger partial charge in [0.15, 0.2) is 21.4 Å². The molecule has 0 unspecified atom stereocenters. The van der Waals surface area contributed by atoms with Gasteiger partial charge < -0.3 is 9.64 Å². The molecule has 1 amide bonds. The Morgan fingerprint density at radius 3 is 2.29 bits per heavy atom. The van der Waals surface area contributed by atoms with Crippen molar-refractivity contribution in [1.82, 2.24) is 4.90 Å². The van der Waals surface area contributed by atoms with Gasteiger partial charge in [-0.25, -0.2) is 17.2 Å². The molecule has 0 N–H and O–H groups in total. The van der Waals surface area contributed by atoms with Crippen molar-refractivity contribution in [3.05, 3.63) is 59.2 Å². The number of carbonyl (C=O) groups is 1. The molecule has 11 heteroatoms. The average molecular weight is 501 g/mol. The number of benzene rings is 2. The van der Waals surface area contributed by atoms with Gasteiger partial charge in [-0.05, 0) is 62.1 Å². The van der Waals surface area contributed by atoms with E-state index in [0.29, 0.717) is 25.0 Å². The molecule has 3 aliphatic rings. The zero-order valence-electron chi connectivity index (χ0n) is 17.7. The number of hydrogen-bond donors (Lipinski definition) is 0. The molecular formula is C23H20F5NO4S. The lowest BCUT2D eigenvalue weighted by molar-refractivity contribution is -0.139. The number of nitrogens with zero attached hydrogens (tertiary/aromatic N) is 1. The minimum Gasteiger partial charge on any atom is -0.488 e. The third-order valence-electron chi connectivity index (χ3n) is 6.91. The van der Waals surface area contributed by atoms with E-state index in [1.54, 1.807) is 0 Å². The summed E-state index contributed by atoms with van der Waals surface area (Å²) in [5.74, 6) is -3.06. The number of carbonyl (C=O) groups excluding carboxylic acids is 1. The Morgan fingerprint density at radius 2 is 1.68 bits per heavy atom. The van der Waals surface area contributed by atoms with Crippen molar-refractivity contribution < 1.29 is 39.9 Å². The second-order valence-electron chi connectivity index (χ2n) is 8.88. The van der Waals surface area contributed by atoms with E-state index in [4.69, 9.17) is 4.74 Å². The minimum absolute atomic E-state index is 0.147. The molecule has 1 saturated carbocycles. The van der Waals surface area contributed by atoms with Crippen molar-refractivity contribution in [2.75, 3.05) is 13.2 Å². The van der Waals surface area contributed by atoms with Crippen LogP contribution < -0.4 is 4.74 Å². The van der Waals surface area contributed by atoms with Gasteiger partial charge in [-0.15, -0.1) is 0 Å². The largest absolute Gasteiger partial charge is 0.488 e. The van der Waals surface area contributed by atoms with Crippen LogP contribution in [-0.4, -0.2) is 38.4 Å². The Morgan fingerprint density at radius 1 is 1.03 bits per heavy atom. The Balaban J connectivity index is 1.73. The Hall–Kier alpha value is -2.69. The number of ether oxygens (including phenoxy) is 1. The molecule has 34 heavy (non-hydrogen) atoms. The normalized spacial score (nSPS) is 24.7. The Bertz CT molecular complexity index is 1260. The maximum Gasteiger partial charge on any atom is 0.416 e. The summed E-state index contributed by atoms with van der Waals surface area (Å²) in [6.45, 7) is -0.161. The SMILES string of the molecule is O=C(C1CC1)N1CCC[C@]2(S(=O)(=O)c3ccc(C(F)(F)F)cc3)c3c(F)ccc(F)c3OC[C@H]12. The lowest BCUT2D eigenvalue weighted by Gasteiger charge is -2.51. The third-order valence-corrected chi connectivity index (χ3v) is 9.44. The van der Waals surface area contributed by atoms with Gasteiger partial charge >= 0.3 is 6.18 Å². The maximum absolute atomic E-state index is 15.3. The average Bonchev–Trinajstić information content (AvgIpc) is 3.65. The minimum atomic E-state index is -4.68. The van der Waals surface area contributed by atoms with E-state index in [-0.39, 0.29) is 37.8 Å². The molecular weight excluding hydrogens is 481 g/mol. The van der Waals surface area contributed by atoms with Crippen LogP contribution in [0.3, 0.4) is 0 Å². The van der Waals surface area contributed by atoms with Gasteiger partial charge in [0.2, 0.25) is 5.91 Å². The summed E-state index contributed by atoms with van der Waals surface area (Å²) < 4.78 is 101. The molecule has 2 fully saturated rings. The van der Waals surface area contributed by atoms with Crippen molar-refractivity contribution >= 4 is 15.7 Å². The molecule has 2 aromatic rings. The first-order chi connectivity index (χ1) is 16.0. The molecule has 0 radical (unpaired) electrons. The van der Waals surface area contributed by atoms with Gasteiger partial charge in [0.1, 0.15) is 17.2 Å². The smallest absolute Gasteiger partial charge is 0.416 e. The third kappa shape index (κ3) is 3.30. The summed E-state index contributed by atoms with van der Waals surface area (Å²) in [5, 5.41) is 0. The highest BCUT2D eigenvalue weighted by Gasteiger charge is 2.62. The molecule has 2 aromatic carbocycles. The summed E-state index contributed by atoms with van der Waals surface area (Å²) in [4.78, 5) is 13.9. The number of sulfone groups is 1. The number of amides is 1. The first-order valence-electron chi connectivity index (χ1n) is 10.8. The predicted octanol–water partition coefficient (Wildman–Crippen LogP) is 4.45. The second kappa shape index (κ2) is 7.66. The van der Waals surface area contributed by atoms with Crippen LogP contribution in [0.4, 0.5) is 22.0 Å². The van der Waals surface area contributed by atoms with Crippen LogP contribution in [0.25, 0.3) is 0 Å². The van der Waals surface area contributed by atoms with Crippen LogP contribution in [-0.2, 0) is 25.6 Å². The van der Waals surface area contributed by atoms with Gasteiger partial charge in [0.05, 0.1) is 22.1 Å². The van der Waals surface area contributed by atoms with Gasteiger partial charge in [-0.1, -0.05) is 0 Å². The van der Waals surface area contributed by atoms with Crippen LogP contribution in [0, 0.1) is 17.6 Å². The molecule has 0 aromatic heterocycles. The molecule has 0 spiro atoms. The van der Waals surface area contributed by atoms with Crippen LogP contribution in [0.2, 0.25) is 0 Å². The number of piperidine rings is 1. The number of halogens is 5. The van der Waals surface area contributed by atoms with Crippen molar-refractivity contribution in [2.24, 2.45) is 5.92 Å². The Labute approximate surface area is 192 Å². The molecule has 2 heterocycles. The van der Waals surface area contributed by atoms with Crippen LogP contribution in [0.5, 0.6) is 5.75 Å². The number of fused-ring (bicyclic) bond motifs is 3. The first kappa shape index (κ1) is 23.1. The van der Waals surface area contributed by atoms with E-state index >= 15 is 4.39 Å². The number of rotatable bonds is 3. The quantitative estimate of drug-likeness (QED) is 0.584. The molecule has 5 rings (SSSR count). The van der Waals surface area contributed by atoms with Crippen LogP contribution >= 0.6 is 0 Å². The summed E-state index contributed by atoms with van der Waals surface area (Å²) in [7, 11) is -4.62. The molecule has 182 valence electrons. The van der Waals surface area contributed by atoms with Crippen LogP contribution in [0.1, 0.15) is 36.8 Å². The lowest BCUT2D eigenvalue weighted by atomic mass is 9.80. The predicted molar refractivity (Wildman–Crippen MR) is 110 cm³/mol. The topological polar surface area (TPSA) is 63.7 Å². The monoisotopic (exact) mass is 501 g/mol. The molecule has 5 nitrogen and oxygen atoms in total. The van der Waals surface area contributed by atoms with Gasteiger partial charge in [-0.3, -0.25) is 4.79 Å².